The Balaban J connectivity index is 2.18. The number of carbonyl (C=O) groups excluding carboxylic acids is 1. The van der Waals surface area contributed by atoms with Gasteiger partial charge < -0.3 is 9.32 Å². The summed E-state index contributed by atoms with van der Waals surface area (Å²) in [5.74, 6) is 0. The quantitative estimate of drug-likeness (QED) is 0.623. The van der Waals surface area contributed by atoms with Gasteiger partial charge in [0, 0.05) is 12.1 Å². The summed E-state index contributed by atoms with van der Waals surface area (Å²) >= 11 is 0. The van der Waals surface area contributed by atoms with Gasteiger partial charge in [-0.25, -0.2) is 0 Å². The minimum atomic E-state index is 0.251. The second-order valence-corrected chi connectivity index (χ2v) is 3.06. The third-order valence-corrected chi connectivity index (χ3v) is 2.36. The lowest BCUT2D eigenvalue weighted by molar-refractivity contribution is -0.118. The molecule has 2 rings (SSSR count). The van der Waals surface area contributed by atoms with Crippen molar-refractivity contribution in [2.24, 2.45) is 0 Å². The van der Waals surface area contributed by atoms with Crippen molar-refractivity contribution in [1.29, 1.82) is 0 Å². The number of amides is 1. The Hall–Kier alpha value is -1.25. The first kappa shape index (κ1) is 7.40. The van der Waals surface area contributed by atoms with E-state index < -0.39 is 0 Å². The zero-order valence-electron chi connectivity index (χ0n) is 6.77. The minimum Gasteiger partial charge on any atom is -0.472 e. The van der Waals surface area contributed by atoms with E-state index >= 15 is 0 Å². The van der Waals surface area contributed by atoms with Crippen LogP contribution < -0.4 is 0 Å². The normalized spacial score (nSPS) is 23.0. The number of carbonyl (C=O) groups is 1. The Kier molecular flexibility index (Phi) is 1.86. The van der Waals surface area contributed by atoms with Crippen molar-refractivity contribution in [1.82, 2.24) is 4.90 Å². The van der Waals surface area contributed by atoms with Crippen molar-refractivity contribution < 1.29 is 9.21 Å². The molecule has 0 bridgehead atoms. The average Bonchev–Trinajstić information content (AvgIpc) is 2.74. The fourth-order valence-electron chi connectivity index (χ4n) is 1.74. The molecule has 0 N–H and O–H groups in total. The van der Waals surface area contributed by atoms with Gasteiger partial charge in [-0.1, -0.05) is 0 Å². The molecular formula is C9H11NO2. The van der Waals surface area contributed by atoms with Crippen molar-refractivity contribution >= 4 is 6.41 Å². The van der Waals surface area contributed by atoms with Gasteiger partial charge in [0.25, 0.3) is 0 Å². The van der Waals surface area contributed by atoms with Crippen molar-refractivity contribution in [3.63, 3.8) is 0 Å². The topological polar surface area (TPSA) is 33.5 Å². The second-order valence-electron chi connectivity index (χ2n) is 3.06. The molecule has 1 aliphatic rings. The van der Waals surface area contributed by atoms with Crippen LogP contribution in [-0.2, 0) is 4.79 Å². The Labute approximate surface area is 71.0 Å². The first-order valence-corrected chi connectivity index (χ1v) is 4.15. The summed E-state index contributed by atoms with van der Waals surface area (Å²) < 4.78 is 4.98. The lowest BCUT2D eigenvalue weighted by Crippen LogP contribution is -2.20. The zero-order chi connectivity index (χ0) is 8.39. The molecule has 0 aromatic carbocycles. The predicted octanol–water partition coefficient (Wildman–Crippen LogP) is 1.57. The number of rotatable bonds is 2. The summed E-state index contributed by atoms with van der Waals surface area (Å²) in [5, 5.41) is 0. The Morgan fingerprint density at radius 3 is 3.25 bits per heavy atom. The van der Waals surface area contributed by atoms with E-state index in [0.717, 1.165) is 31.4 Å². The van der Waals surface area contributed by atoms with Crippen LogP contribution in [0.4, 0.5) is 0 Å². The zero-order valence-corrected chi connectivity index (χ0v) is 6.77. The number of furan rings is 1. The summed E-state index contributed by atoms with van der Waals surface area (Å²) in [7, 11) is 0. The molecule has 1 fully saturated rings. The maximum absolute atomic E-state index is 10.6. The summed E-state index contributed by atoms with van der Waals surface area (Å²) in [4.78, 5) is 12.4. The minimum absolute atomic E-state index is 0.251. The molecular weight excluding hydrogens is 154 g/mol. The van der Waals surface area contributed by atoms with Gasteiger partial charge in [-0.15, -0.1) is 0 Å². The molecule has 1 amide bonds. The molecule has 64 valence electrons. The van der Waals surface area contributed by atoms with Crippen LogP contribution in [0, 0.1) is 0 Å². The van der Waals surface area contributed by atoms with Gasteiger partial charge in [0.2, 0.25) is 6.41 Å². The maximum atomic E-state index is 10.6. The highest BCUT2D eigenvalue weighted by molar-refractivity contribution is 5.49. The van der Waals surface area contributed by atoms with Crippen LogP contribution in [0.25, 0.3) is 0 Å². The largest absolute Gasteiger partial charge is 0.472 e. The molecule has 1 aliphatic heterocycles. The lowest BCUT2D eigenvalue weighted by atomic mass is 10.1. The van der Waals surface area contributed by atoms with E-state index in [1.54, 1.807) is 12.5 Å². The molecule has 0 aliphatic carbocycles. The molecule has 1 aromatic rings. The van der Waals surface area contributed by atoms with E-state index in [0.29, 0.717) is 0 Å². The monoisotopic (exact) mass is 165 g/mol. The fourth-order valence-corrected chi connectivity index (χ4v) is 1.74. The van der Waals surface area contributed by atoms with Crippen LogP contribution >= 0.6 is 0 Å². The number of nitrogens with zero attached hydrogens (tertiary/aromatic N) is 1. The molecule has 1 saturated heterocycles. The van der Waals surface area contributed by atoms with Crippen LogP contribution in [0.5, 0.6) is 0 Å². The highest BCUT2D eigenvalue weighted by Gasteiger charge is 2.24. The Morgan fingerprint density at radius 2 is 2.58 bits per heavy atom. The van der Waals surface area contributed by atoms with Crippen molar-refractivity contribution in [3.8, 4) is 0 Å². The van der Waals surface area contributed by atoms with Gasteiger partial charge in [0.05, 0.1) is 18.6 Å². The molecule has 2 heterocycles. The third kappa shape index (κ3) is 1.11. The Bertz CT molecular complexity index is 256. The average molecular weight is 165 g/mol. The smallest absolute Gasteiger partial charge is 0.210 e. The van der Waals surface area contributed by atoms with E-state index in [9.17, 15) is 4.79 Å². The molecule has 3 heteroatoms. The van der Waals surface area contributed by atoms with Crippen LogP contribution in [0.15, 0.2) is 23.0 Å². The van der Waals surface area contributed by atoms with Gasteiger partial charge in [-0.3, -0.25) is 4.79 Å². The van der Waals surface area contributed by atoms with E-state index in [1.807, 2.05) is 11.0 Å². The van der Waals surface area contributed by atoms with Crippen molar-refractivity contribution in [3.05, 3.63) is 24.2 Å². The van der Waals surface area contributed by atoms with Crippen LogP contribution in [-0.4, -0.2) is 17.9 Å². The number of hydrogen-bond donors (Lipinski definition) is 0. The summed E-state index contributed by atoms with van der Waals surface area (Å²) in [6, 6.07) is 2.17. The van der Waals surface area contributed by atoms with E-state index in [-0.39, 0.29) is 6.04 Å². The van der Waals surface area contributed by atoms with Crippen LogP contribution in [0.1, 0.15) is 24.4 Å². The van der Waals surface area contributed by atoms with E-state index in [1.165, 1.54) is 0 Å². The predicted molar refractivity (Wildman–Crippen MR) is 43.5 cm³/mol. The molecule has 0 saturated carbocycles. The first-order chi connectivity index (χ1) is 5.92. The second kappa shape index (κ2) is 3.01. The van der Waals surface area contributed by atoms with Crippen molar-refractivity contribution in [2.75, 3.05) is 6.54 Å². The molecule has 0 unspecified atom stereocenters. The fraction of sp³-hybridized carbons (Fsp3) is 0.444. The molecule has 0 radical (unpaired) electrons. The maximum Gasteiger partial charge on any atom is 0.210 e. The van der Waals surface area contributed by atoms with Gasteiger partial charge >= 0.3 is 0 Å². The Morgan fingerprint density at radius 1 is 1.67 bits per heavy atom. The summed E-state index contributed by atoms with van der Waals surface area (Å²) in [5.41, 5.74) is 1.11. The van der Waals surface area contributed by atoms with Gasteiger partial charge in [-0.05, 0) is 18.9 Å². The first-order valence-electron chi connectivity index (χ1n) is 4.15. The van der Waals surface area contributed by atoms with Crippen LogP contribution in [0.3, 0.4) is 0 Å². The van der Waals surface area contributed by atoms with Crippen molar-refractivity contribution in [2.45, 2.75) is 18.9 Å². The summed E-state index contributed by atoms with van der Waals surface area (Å²) in [6.45, 7) is 0.874. The third-order valence-electron chi connectivity index (χ3n) is 2.36. The van der Waals surface area contributed by atoms with Crippen LogP contribution in [0.2, 0.25) is 0 Å². The highest BCUT2D eigenvalue weighted by Crippen LogP contribution is 2.30. The van der Waals surface area contributed by atoms with E-state index in [4.69, 9.17) is 4.42 Å². The summed E-state index contributed by atoms with van der Waals surface area (Å²) in [6.07, 6.45) is 6.43. The molecule has 12 heavy (non-hydrogen) atoms. The molecule has 1 atom stereocenters. The standard InChI is InChI=1S/C9H11NO2/c11-7-10-4-1-2-9(10)8-3-5-12-6-8/h3,5-7,9H,1-2,4H2/t9-/m1/s1. The number of likely N-dealkylation sites (tertiary alicyclic amines) is 1. The van der Waals surface area contributed by atoms with Gasteiger partial charge in [0.1, 0.15) is 0 Å². The van der Waals surface area contributed by atoms with E-state index in [2.05, 4.69) is 0 Å². The number of hydrogen-bond acceptors (Lipinski definition) is 2. The molecule has 0 spiro atoms. The molecule has 1 aromatic heterocycles. The lowest BCUT2D eigenvalue weighted by Gasteiger charge is -2.17. The van der Waals surface area contributed by atoms with Gasteiger partial charge in [0.15, 0.2) is 0 Å². The SMILES string of the molecule is O=CN1CCC[C@@H]1c1ccoc1. The highest BCUT2D eigenvalue weighted by atomic mass is 16.3. The molecule has 3 nitrogen and oxygen atoms in total. The van der Waals surface area contributed by atoms with Gasteiger partial charge in [-0.2, -0.15) is 0 Å².